The fourth-order valence-electron chi connectivity index (χ4n) is 0.713. The highest BCUT2D eigenvalue weighted by Gasteiger charge is 2.24. The van der Waals surface area contributed by atoms with Gasteiger partial charge in [0.1, 0.15) is 0 Å². The summed E-state index contributed by atoms with van der Waals surface area (Å²) in [5.41, 5.74) is 10.1. The molecule has 82 valence electrons. The van der Waals surface area contributed by atoms with Crippen LogP contribution in [-0.2, 0) is 0 Å². The Hall–Kier alpha value is -2.56. The standard InChI is InChI=1S/C4H4N6O4.H2O/c5-1-3(9(11)12)8-4(10(13)14)2(6)7-1;/h(H4,5,6,7);1H2. The van der Waals surface area contributed by atoms with Gasteiger partial charge in [0.05, 0.1) is 0 Å². The van der Waals surface area contributed by atoms with E-state index < -0.39 is 33.1 Å². The summed E-state index contributed by atoms with van der Waals surface area (Å²) < 4.78 is 0. The summed E-state index contributed by atoms with van der Waals surface area (Å²) in [5.74, 6) is -2.88. The predicted octanol–water partition coefficient (Wildman–Crippen LogP) is -1.37. The zero-order chi connectivity index (χ0) is 10.9. The minimum Gasteiger partial charge on any atom is -0.412 e. The van der Waals surface area contributed by atoms with Crippen molar-refractivity contribution in [1.82, 2.24) is 9.97 Å². The average molecular weight is 218 g/mol. The monoisotopic (exact) mass is 218 g/mol. The van der Waals surface area contributed by atoms with Gasteiger partial charge in [-0.2, -0.15) is 4.98 Å². The van der Waals surface area contributed by atoms with E-state index >= 15 is 0 Å². The Morgan fingerprint density at radius 3 is 1.53 bits per heavy atom. The lowest BCUT2D eigenvalue weighted by atomic mass is 10.5. The van der Waals surface area contributed by atoms with Crippen molar-refractivity contribution in [3.05, 3.63) is 20.2 Å². The number of hydrogen-bond acceptors (Lipinski definition) is 8. The Balaban J connectivity index is 0.00000196. The van der Waals surface area contributed by atoms with Gasteiger partial charge in [0, 0.05) is 4.98 Å². The fraction of sp³-hybridized carbons (Fsp3) is 0. The zero-order valence-corrected chi connectivity index (χ0v) is 7.08. The molecule has 0 aliphatic rings. The lowest BCUT2D eigenvalue weighted by Crippen LogP contribution is -2.08. The van der Waals surface area contributed by atoms with E-state index in [0.717, 1.165) is 0 Å². The van der Waals surface area contributed by atoms with Crippen LogP contribution < -0.4 is 11.5 Å². The summed E-state index contributed by atoms with van der Waals surface area (Å²) in [4.78, 5) is 24.9. The van der Waals surface area contributed by atoms with Crippen molar-refractivity contribution in [2.24, 2.45) is 0 Å². The van der Waals surface area contributed by atoms with Gasteiger partial charge in [0.15, 0.2) is 0 Å². The number of nitrogen functional groups attached to an aromatic ring is 2. The van der Waals surface area contributed by atoms with Gasteiger partial charge in [-0.25, -0.2) is 0 Å². The molecule has 0 bridgehead atoms. The topological polar surface area (TPSA) is 196 Å². The van der Waals surface area contributed by atoms with E-state index in [-0.39, 0.29) is 5.48 Å². The molecule has 0 fully saturated rings. The van der Waals surface area contributed by atoms with Crippen LogP contribution in [0.15, 0.2) is 0 Å². The molecule has 0 spiro atoms. The summed E-state index contributed by atoms with van der Waals surface area (Å²) in [6.45, 7) is 0. The molecule has 15 heavy (non-hydrogen) atoms. The third kappa shape index (κ3) is 2.22. The van der Waals surface area contributed by atoms with Crippen LogP contribution in [0.5, 0.6) is 0 Å². The second kappa shape index (κ2) is 4.10. The van der Waals surface area contributed by atoms with Gasteiger partial charge in [-0.1, -0.05) is 0 Å². The third-order valence-corrected chi connectivity index (χ3v) is 1.26. The number of nitrogens with zero attached hydrogens (tertiary/aromatic N) is 4. The van der Waals surface area contributed by atoms with E-state index in [1.807, 2.05) is 0 Å². The molecule has 0 amide bonds. The second-order valence-electron chi connectivity index (χ2n) is 2.16. The number of aromatic nitrogens is 2. The van der Waals surface area contributed by atoms with E-state index in [2.05, 4.69) is 9.97 Å². The van der Waals surface area contributed by atoms with Crippen LogP contribution in [0.4, 0.5) is 23.3 Å². The fourth-order valence-corrected chi connectivity index (χ4v) is 0.713. The molecule has 0 radical (unpaired) electrons. The van der Waals surface area contributed by atoms with Crippen LogP contribution in [-0.4, -0.2) is 25.3 Å². The van der Waals surface area contributed by atoms with Crippen molar-refractivity contribution in [3.8, 4) is 0 Å². The molecule has 11 nitrogen and oxygen atoms in total. The van der Waals surface area contributed by atoms with Gasteiger partial charge in [0.2, 0.25) is 11.6 Å². The summed E-state index contributed by atoms with van der Waals surface area (Å²) >= 11 is 0. The molecule has 1 aromatic rings. The summed E-state index contributed by atoms with van der Waals surface area (Å²) in [5, 5.41) is 20.5. The Morgan fingerprint density at radius 1 is 0.933 bits per heavy atom. The molecule has 6 N–H and O–H groups in total. The van der Waals surface area contributed by atoms with Crippen molar-refractivity contribution in [3.63, 3.8) is 0 Å². The first-order chi connectivity index (χ1) is 6.43. The normalized spacial score (nSPS) is 9.07. The quantitative estimate of drug-likeness (QED) is 0.447. The number of anilines is 2. The molecular weight excluding hydrogens is 212 g/mol. The van der Waals surface area contributed by atoms with Crippen molar-refractivity contribution in [1.29, 1.82) is 0 Å². The molecular formula is C4H6N6O5. The van der Waals surface area contributed by atoms with E-state index in [4.69, 9.17) is 11.5 Å². The van der Waals surface area contributed by atoms with Crippen LogP contribution in [0.3, 0.4) is 0 Å². The van der Waals surface area contributed by atoms with Crippen molar-refractivity contribution in [2.45, 2.75) is 0 Å². The lowest BCUT2D eigenvalue weighted by Gasteiger charge is -1.99. The summed E-state index contributed by atoms with van der Waals surface area (Å²) in [6, 6.07) is 0. The molecule has 0 aliphatic heterocycles. The molecule has 11 heteroatoms. The van der Waals surface area contributed by atoms with Crippen LogP contribution in [0, 0.1) is 20.2 Å². The molecule has 0 aliphatic carbocycles. The van der Waals surface area contributed by atoms with Gasteiger partial charge < -0.3 is 37.2 Å². The Bertz CT molecular complexity index is 383. The summed E-state index contributed by atoms with van der Waals surface area (Å²) in [7, 11) is 0. The molecule has 0 saturated carbocycles. The first-order valence-corrected chi connectivity index (χ1v) is 3.15. The average Bonchev–Trinajstić information content (AvgIpc) is 2.02. The lowest BCUT2D eigenvalue weighted by molar-refractivity contribution is -0.402. The van der Waals surface area contributed by atoms with E-state index in [0.29, 0.717) is 0 Å². The smallest absolute Gasteiger partial charge is 0.411 e. The maximum Gasteiger partial charge on any atom is 0.411 e. The number of rotatable bonds is 2. The van der Waals surface area contributed by atoms with E-state index in [9.17, 15) is 20.2 Å². The Kier molecular flexibility index (Phi) is 3.40. The Morgan fingerprint density at radius 2 is 1.27 bits per heavy atom. The van der Waals surface area contributed by atoms with Crippen molar-refractivity contribution < 1.29 is 15.3 Å². The molecule has 1 heterocycles. The highest BCUT2D eigenvalue weighted by molar-refractivity contribution is 5.58. The largest absolute Gasteiger partial charge is 0.412 e. The van der Waals surface area contributed by atoms with Gasteiger partial charge in [0.25, 0.3) is 0 Å². The van der Waals surface area contributed by atoms with Gasteiger partial charge >= 0.3 is 11.6 Å². The molecule has 0 aromatic carbocycles. The summed E-state index contributed by atoms with van der Waals surface area (Å²) in [6.07, 6.45) is 0. The van der Waals surface area contributed by atoms with Crippen LogP contribution in [0.1, 0.15) is 0 Å². The van der Waals surface area contributed by atoms with Crippen molar-refractivity contribution >= 4 is 23.3 Å². The van der Waals surface area contributed by atoms with Crippen LogP contribution in [0.25, 0.3) is 0 Å². The van der Waals surface area contributed by atoms with Gasteiger partial charge in [-0.3, -0.25) is 0 Å². The Labute approximate surface area is 81.3 Å². The van der Waals surface area contributed by atoms with Gasteiger partial charge in [-0.15, -0.1) is 0 Å². The van der Waals surface area contributed by atoms with Crippen LogP contribution >= 0.6 is 0 Å². The predicted molar refractivity (Wildman–Crippen MR) is 47.8 cm³/mol. The van der Waals surface area contributed by atoms with Crippen LogP contribution in [0.2, 0.25) is 0 Å². The molecule has 0 atom stereocenters. The zero-order valence-electron chi connectivity index (χ0n) is 7.08. The molecule has 1 aromatic heterocycles. The third-order valence-electron chi connectivity index (χ3n) is 1.26. The SMILES string of the molecule is Nc1nc(N)c([N+](=O)[O-])nc1[N+](=O)[O-].O. The van der Waals surface area contributed by atoms with Crippen molar-refractivity contribution in [2.75, 3.05) is 11.5 Å². The highest BCUT2D eigenvalue weighted by atomic mass is 16.6. The van der Waals surface area contributed by atoms with E-state index in [1.165, 1.54) is 0 Å². The minimum absolute atomic E-state index is 0. The number of hydrogen-bond donors (Lipinski definition) is 2. The van der Waals surface area contributed by atoms with Gasteiger partial charge in [-0.05, 0) is 9.85 Å². The number of nitro groups is 2. The molecule has 1 rings (SSSR count). The second-order valence-corrected chi connectivity index (χ2v) is 2.16. The maximum atomic E-state index is 10.3. The van der Waals surface area contributed by atoms with E-state index in [1.54, 1.807) is 0 Å². The maximum absolute atomic E-state index is 10.3. The molecule has 0 saturated heterocycles. The minimum atomic E-state index is -0.977. The number of nitrogens with two attached hydrogens (primary N) is 2. The first kappa shape index (κ1) is 12.4. The first-order valence-electron chi connectivity index (χ1n) is 3.15. The molecule has 0 unspecified atom stereocenters. The highest BCUT2D eigenvalue weighted by Crippen LogP contribution is 2.23.